The minimum atomic E-state index is -0.506. The van der Waals surface area contributed by atoms with E-state index in [4.69, 9.17) is 4.74 Å². The Bertz CT molecular complexity index is 646. The highest BCUT2D eigenvalue weighted by Gasteiger charge is 2.32. The zero-order valence-electron chi connectivity index (χ0n) is 12.8. The van der Waals surface area contributed by atoms with E-state index in [1.54, 1.807) is 4.68 Å². The van der Waals surface area contributed by atoms with Gasteiger partial charge in [0.15, 0.2) is 0 Å². The predicted octanol–water partition coefficient (Wildman–Crippen LogP) is 2.80. The van der Waals surface area contributed by atoms with E-state index in [1.807, 2.05) is 31.6 Å². The van der Waals surface area contributed by atoms with Crippen molar-refractivity contribution >= 4 is 0 Å². The number of rotatable bonds is 4. The smallest absolute Gasteiger partial charge is 0.129 e. The van der Waals surface area contributed by atoms with Crippen molar-refractivity contribution in [1.82, 2.24) is 9.78 Å². The van der Waals surface area contributed by atoms with Gasteiger partial charge in [-0.25, -0.2) is 0 Å². The third kappa shape index (κ3) is 2.95. The summed E-state index contributed by atoms with van der Waals surface area (Å²) >= 11 is 0. The Balaban J connectivity index is 1.74. The summed E-state index contributed by atoms with van der Waals surface area (Å²) in [5.41, 5.74) is 3.06. The zero-order valence-corrected chi connectivity index (χ0v) is 12.8. The first-order chi connectivity index (χ1) is 9.94. The van der Waals surface area contributed by atoms with Crippen LogP contribution in [0.25, 0.3) is 0 Å². The number of nitrogens with zero attached hydrogens (tertiary/aromatic N) is 2. The zero-order chi connectivity index (χ0) is 15.0. The molecule has 0 fully saturated rings. The van der Waals surface area contributed by atoms with Gasteiger partial charge in [-0.1, -0.05) is 18.2 Å². The first-order valence-electron chi connectivity index (χ1n) is 7.41. The molecule has 0 radical (unpaired) electrons. The Morgan fingerprint density at radius 1 is 1.43 bits per heavy atom. The fraction of sp³-hybridized carbons (Fsp3) is 0.471. The summed E-state index contributed by atoms with van der Waals surface area (Å²) < 4.78 is 7.81. The van der Waals surface area contributed by atoms with Crippen LogP contribution in [0.1, 0.15) is 43.1 Å². The molecule has 1 aliphatic heterocycles. The first kappa shape index (κ1) is 14.1. The number of fused-ring (bicyclic) bond motifs is 1. The van der Waals surface area contributed by atoms with Crippen LogP contribution < -0.4 is 4.74 Å². The van der Waals surface area contributed by atoms with Gasteiger partial charge in [-0.3, -0.25) is 4.68 Å². The lowest BCUT2D eigenvalue weighted by Gasteiger charge is -2.19. The fourth-order valence-corrected chi connectivity index (χ4v) is 2.96. The van der Waals surface area contributed by atoms with Crippen LogP contribution in [0.15, 0.2) is 30.6 Å². The van der Waals surface area contributed by atoms with E-state index in [0.717, 1.165) is 29.7 Å². The van der Waals surface area contributed by atoms with Crippen molar-refractivity contribution in [2.24, 2.45) is 7.05 Å². The molecule has 1 aromatic carbocycles. The molecule has 21 heavy (non-hydrogen) atoms. The van der Waals surface area contributed by atoms with E-state index in [-0.39, 0.29) is 5.60 Å². The maximum absolute atomic E-state index is 10.5. The summed E-state index contributed by atoms with van der Waals surface area (Å²) in [6, 6.07) is 6.06. The monoisotopic (exact) mass is 286 g/mol. The average molecular weight is 286 g/mol. The summed E-state index contributed by atoms with van der Waals surface area (Å²) in [6.07, 6.45) is 5.71. The van der Waals surface area contributed by atoms with Gasteiger partial charge in [0, 0.05) is 25.2 Å². The highest BCUT2D eigenvalue weighted by atomic mass is 16.5. The Hall–Kier alpha value is -1.81. The van der Waals surface area contributed by atoms with Crippen molar-refractivity contribution in [3.63, 3.8) is 0 Å². The number of aliphatic hydroxyl groups is 1. The Morgan fingerprint density at radius 2 is 2.24 bits per heavy atom. The van der Waals surface area contributed by atoms with Crippen LogP contribution >= 0.6 is 0 Å². The Morgan fingerprint density at radius 3 is 2.95 bits per heavy atom. The van der Waals surface area contributed by atoms with Crippen molar-refractivity contribution in [2.45, 2.75) is 44.8 Å². The summed E-state index contributed by atoms with van der Waals surface area (Å²) in [7, 11) is 1.90. The molecule has 2 aromatic rings. The van der Waals surface area contributed by atoms with Crippen LogP contribution in [0.3, 0.4) is 0 Å². The van der Waals surface area contributed by atoms with Crippen molar-refractivity contribution in [3.05, 3.63) is 47.3 Å². The molecular formula is C17H22N2O2. The third-order valence-corrected chi connectivity index (χ3v) is 3.95. The van der Waals surface area contributed by atoms with Gasteiger partial charge in [0.25, 0.3) is 0 Å². The van der Waals surface area contributed by atoms with E-state index in [1.165, 1.54) is 5.56 Å². The van der Waals surface area contributed by atoms with Crippen LogP contribution in [0, 0.1) is 0 Å². The van der Waals surface area contributed by atoms with Crippen molar-refractivity contribution < 1.29 is 9.84 Å². The largest absolute Gasteiger partial charge is 0.487 e. The number of aliphatic hydroxyl groups excluding tert-OH is 1. The summed E-state index contributed by atoms with van der Waals surface area (Å²) in [5.74, 6) is 0.876. The summed E-state index contributed by atoms with van der Waals surface area (Å²) in [6.45, 7) is 4.16. The lowest BCUT2D eigenvalue weighted by Crippen LogP contribution is -2.25. The van der Waals surface area contributed by atoms with E-state index in [0.29, 0.717) is 6.42 Å². The SMILES string of the molecule is Cn1cc(CCC(O)c2cccc3c2OC(C)(C)C3)cn1. The topological polar surface area (TPSA) is 47.3 Å². The summed E-state index contributed by atoms with van der Waals surface area (Å²) in [5, 5.41) is 14.7. The van der Waals surface area contributed by atoms with E-state index in [2.05, 4.69) is 25.0 Å². The second kappa shape index (κ2) is 5.19. The van der Waals surface area contributed by atoms with E-state index in [9.17, 15) is 5.11 Å². The van der Waals surface area contributed by atoms with E-state index < -0.39 is 6.10 Å². The number of aryl methyl sites for hydroxylation is 2. The van der Waals surface area contributed by atoms with Crippen LogP contribution in [-0.2, 0) is 19.9 Å². The molecule has 1 aliphatic rings. The molecule has 4 heteroatoms. The molecule has 0 amide bonds. The molecule has 1 aromatic heterocycles. The number of hydrogen-bond acceptors (Lipinski definition) is 3. The molecule has 1 atom stereocenters. The third-order valence-electron chi connectivity index (χ3n) is 3.95. The van der Waals surface area contributed by atoms with Gasteiger partial charge in [-0.05, 0) is 37.8 Å². The number of para-hydroxylation sites is 1. The molecule has 0 spiro atoms. The molecule has 0 saturated carbocycles. The lowest BCUT2D eigenvalue weighted by atomic mass is 9.97. The number of aromatic nitrogens is 2. The quantitative estimate of drug-likeness (QED) is 0.940. The second-order valence-corrected chi connectivity index (χ2v) is 6.45. The number of benzene rings is 1. The molecular weight excluding hydrogens is 264 g/mol. The highest BCUT2D eigenvalue weighted by molar-refractivity contribution is 5.46. The molecule has 1 unspecified atom stereocenters. The minimum absolute atomic E-state index is 0.179. The van der Waals surface area contributed by atoms with Gasteiger partial charge in [-0.2, -0.15) is 5.10 Å². The maximum Gasteiger partial charge on any atom is 0.129 e. The Labute approximate surface area is 125 Å². The van der Waals surface area contributed by atoms with Crippen LogP contribution in [0.2, 0.25) is 0 Å². The van der Waals surface area contributed by atoms with Gasteiger partial charge < -0.3 is 9.84 Å². The van der Waals surface area contributed by atoms with Crippen LogP contribution in [0.4, 0.5) is 0 Å². The highest BCUT2D eigenvalue weighted by Crippen LogP contribution is 2.40. The normalized spacial score (nSPS) is 17.3. The van der Waals surface area contributed by atoms with Gasteiger partial charge in [-0.15, -0.1) is 0 Å². The maximum atomic E-state index is 10.5. The van der Waals surface area contributed by atoms with Crippen LogP contribution in [0.5, 0.6) is 5.75 Å². The van der Waals surface area contributed by atoms with Gasteiger partial charge in [0.2, 0.25) is 0 Å². The number of hydrogen-bond donors (Lipinski definition) is 1. The molecule has 0 saturated heterocycles. The molecule has 0 aliphatic carbocycles. The molecule has 3 rings (SSSR count). The van der Waals surface area contributed by atoms with Crippen LogP contribution in [-0.4, -0.2) is 20.5 Å². The average Bonchev–Trinajstić information content (AvgIpc) is 2.96. The molecule has 4 nitrogen and oxygen atoms in total. The van der Waals surface area contributed by atoms with Crippen molar-refractivity contribution in [2.75, 3.05) is 0 Å². The van der Waals surface area contributed by atoms with Gasteiger partial charge >= 0.3 is 0 Å². The molecule has 0 bridgehead atoms. The van der Waals surface area contributed by atoms with Gasteiger partial charge in [0.05, 0.1) is 12.3 Å². The predicted molar refractivity (Wildman–Crippen MR) is 81.3 cm³/mol. The second-order valence-electron chi connectivity index (χ2n) is 6.45. The minimum Gasteiger partial charge on any atom is -0.487 e. The van der Waals surface area contributed by atoms with Crippen molar-refractivity contribution in [1.29, 1.82) is 0 Å². The fourth-order valence-electron chi connectivity index (χ4n) is 2.96. The molecule has 112 valence electrons. The number of ether oxygens (including phenoxy) is 1. The summed E-state index contributed by atoms with van der Waals surface area (Å²) in [4.78, 5) is 0. The molecule has 1 N–H and O–H groups in total. The van der Waals surface area contributed by atoms with E-state index >= 15 is 0 Å². The molecule has 2 heterocycles. The lowest BCUT2D eigenvalue weighted by molar-refractivity contribution is 0.124. The van der Waals surface area contributed by atoms with Crippen molar-refractivity contribution in [3.8, 4) is 5.75 Å². The standard InChI is InChI=1S/C17H22N2O2/c1-17(2)9-13-5-4-6-14(16(13)21-17)15(20)8-7-12-10-18-19(3)11-12/h4-6,10-11,15,20H,7-9H2,1-3H3. The van der Waals surface area contributed by atoms with Gasteiger partial charge in [0.1, 0.15) is 11.4 Å². The Kier molecular flexibility index (Phi) is 3.49. The first-order valence-corrected chi connectivity index (χ1v) is 7.41.